The Bertz CT molecular complexity index is 1140. The zero-order valence-electron chi connectivity index (χ0n) is 21.0. The van der Waals surface area contributed by atoms with Crippen LogP contribution in [0, 0.1) is 5.92 Å². The fourth-order valence-electron chi connectivity index (χ4n) is 5.23. The SMILES string of the molecule is CCC(=O)N[C@H](C(=O)N1CCCC1c1nc(C(=O)c2cccc(COC(=O)O)c2)cs1)C1CCCCC1. The molecule has 37 heavy (non-hydrogen) atoms. The van der Waals surface area contributed by atoms with Crippen LogP contribution in [0.3, 0.4) is 0 Å². The molecular weight excluding hydrogens is 494 g/mol. The number of nitrogens with one attached hydrogen (secondary N) is 1. The van der Waals surface area contributed by atoms with Gasteiger partial charge in [-0.3, -0.25) is 14.4 Å². The van der Waals surface area contributed by atoms with Gasteiger partial charge in [-0.25, -0.2) is 9.78 Å². The second-order valence-electron chi connectivity index (χ2n) is 9.64. The van der Waals surface area contributed by atoms with Gasteiger partial charge in [-0.05, 0) is 43.2 Å². The molecule has 0 radical (unpaired) electrons. The number of hydrogen-bond donors (Lipinski definition) is 2. The molecule has 10 heteroatoms. The monoisotopic (exact) mass is 527 g/mol. The van der Waals surface area contributed by atoms with Crippen LogP contribution in [0.4, 0.5) is 4.79 Å². The van der Waals surface area contributed by atoms with Crippen LogP contribution >= 0.6 is 11.3 Å². The second kappa shape index (κ2) is 12.3. The van der Waals surface area contributed by atoms with Crippen molar-refractivity contribution in [3.63, 3.8) is 0 Å². The maximum atomic E-state index is 13.8. The number of ketones is 1. The van der Waals surface area contributed by atoms with E-state index in [1.54, 1.807) is 36.6 Å². The molecule has 2 fully saturated rings. The van der Waals surface area contributed by atoms with Gasteiger partial charge in [0.15, 0.2) is 0 Å². The molecule has 2 N–H and O–H groups in total. The standard InChI is InChI=1S/C27H33N3O6S/c1-2-22(31)29-23(18-9-4-3-5-10-18)26(33)30-13-7-12-21(30)25-28-20(16-37-25)24(32)19-11-6-8-17(14-19)15-36-27(34)35/h6,8,11,14,16,18,21,23H,2-5,7,9-10,12-13,15H2,1H3,(H,29,31)(H,34,35)/t21?,23-/m0/s1. The summed E-state index contributed by atoms with van der Waals surface area (Å²) in [5, 5.41) is 14.1. The van der Waals surface area contributed by atoms with E-state index >= 15 is 0 Å². The number of amides is 2. The molecule has 1 aliphatic carbocycles. The molecule has 2 amide bonds. The van der Waals surface area contributed by atoms with Crippen LogP contribution in [0.1, 0.15) is 91.0 Å². The van der Waals surface area contributed by atoms with Gasteiger partial charge in [0.05, 0.1) is 6.04 Å². The highest BCUT2D eigenvalue weighted by Crippen LogP contribution is 2.36. The quantitative estimate of drug-likeness (QED) is 0.357. The number of carboxylic acid groups (broad SMARTS) is 1. The van der Waals surface area contributed by atoms with Gasteiger partial charge in [-0.1, -0.05) is 44.4 Å². The summed E-state index contributed by atoms with van der Waals surface area (Å²) in [6, 6.07) is 5.87. The lowest BCUT2D eigenvalue weighted by Crippen LogP contribution is -2.52. The summed E-state index contributed by atoms with van der Waals surface area (Å²) in [5.41, 5.74) is 1.25. The number of likely N-dealkylation sites (tertiary alicyclic amines) is 1. The molecule has 0 bridgehead atoms. The number of thiazole rings is 1. The van der Waals surface area contributed by atoms with Gasteiger partial charge in [0.2, 0.25) is 17.6 Å². The minimum Gasteiger partial charge on any atom is -0.450 e. The van der Waals surface area contributed by atoms with E-state index in [4.69, 9.17) is 5.11 Å². The van der Waals surface area contributed by atoms with Crippen molar-refractivity contribution in [2.75, 3.05) is 6.54 Å². The van der Waals surface area contributed by atoms with Gasteiger partial charge in [-0.2, -0.15) is 0 Å². The Morgan fingerprint density at radius 3 is 2.68 bits per heavy atom. The summed E-state index contributed by atoms with van der Waals surface area (Å²) in [6.45, 7) is 2.25. The zero-order valence-corrected chi connectivity index (χ0v) is 21.8. The summed E-state index contributed by atoms with van der Waals surface area (Å²) in [4.78, 5) is 56.3. The molecule has 1 aromatic heterocycles. The molecule has 2 atom stereocenters. The molecule has 1 saturated heterocycles. The molecule has 198 valence electrons. The summed E-state index contributed by atoms with van der Waals surface area (Å²) in [6.07, 6.45) is 5.73. The van der Waals surface area contributed by atoms with Crippen molar-refractivity contribution in [2.24, 2.45) is 5.92 Å². The Morgan fingerprint density at radius 2 is 1.95 bits per heavy atom. The Morgan fingerprint density at radius 1 is 1.16 bits per heavy atom. The highest BCUT2D eigenvalue weighted by molar-refractivity contribution is 7.10. The topological polar surface area (TPSA) is 126 Å². The molecule has 1 saturated carbocycles. The lowest BCUT2D eigenvalue weighted by Gasteiger charge is -2.34. The summed E-state index contributed by atoms with van der Waals surface area (Å²) < 4.78 is 4.60. The number of carbonyl (C=O) groups excluding carboxylic acids is 3. The van der Waals surface area contributed by atoms with Gasteiger partial charge in [-0.15, -0.1) is 11.3 Å². The molecule has 2 aliphatic rings. The minimum atomic E-state index is -1.38. The van der Waals surface area contributed by atoms with Gasteiger partial charge >= 0.3 is 6.16 Å². The highest BCUT2D eigenvalue weighted by atomic mass is 32.1. The summed E-state index contributed by atoms with van der Waals surface area (Å²) in [5.74, 6) is -0.294. The number of aromatic nitrogens is 1. The molecule has 2 heterocycles. The Balaban J connectivity index is 1.50. The van der Waals surface area contributed by atoms with E-state index in [9.17, 15) is 19.2 Å². The van der Waals surface area contributed by atoms with Crippen molar-refractivity contribution in [2.45, 2.75) is 77.0 Å². The van der Waals surface area contributed by atoms with Gasteiger partial charge in [0.25, 0.3) is 0 Å². The first-order valence-corrected chi connectivity index (χ1v) is 13.8. The third kappa shape index (κ3) is 6.54. The van der Waals surface area contributed by atoms with Crippen LogP contribution in [-0.4, -0.2) is 51.3 Å². The smallest absolute Gasteiger partial charge is 0.450 e. The number of benzene rings is 1. The summed E-state index contributed by atoms with van der Waals surface area (Å²) >= 11 is 1.36. The molecule has 4 rings (SSSR count). The van der Waals surface area contributed by atoms with Crippen molar-refractivity contribution in [1.82, 2.24) is 15.2 Å². The maximum Gasteiger partial charge on any atom is 0.506 e. The molecule has 9 nitrogen and oxygen atoms in total. The van der Waals surface area contributed by atoms with E-state index in [0.29, 0.717) is 34.8 Å². The van der Waals surface area contributed by atoms with E-state index in [1.165, 1.54) is 11.3 Å². The lowest BCUT2D eigenvalue weighted by atomic mass is 9.83. The number of carbonyl (C=O) groups is 4. The minimum absolute atomic E-state index is 0.0505. The fourth-order valence-corrected chi connectivity index (χ4v) is 6.18. The van der Waals surface area contributed by atoms with Crippen molar-refractivity contribution >= 4 is 35.1 Å². The third-order valence-corrected chi connectivity index (χ3v) is 8.10. The van der Waals surface area contributed by atoms with E-state index in [1.807, 2.05) is 4.90 Å². The first-order valence-electron chi connectivity index (χ1n) is 12.9. The average Bonchev–Trinajstić information content (AvgIpc) is 3.60. The van der Waals surface area contributed by atoms with Gasteiger partial charge in [0.1, 0.15) is 23.4 Å². The first kappa shape index (κ1) is 26.8. The average molecular weight is 528 g/mol. The molecule has 0 spiro atoms. The Hall–Kier alpha value is -3.27. The molecule has 1 aliphatic heterocycles. The normalized spacial score (nSPS) is 18.8. The van der Waals surface area contributed by atoms with Crippen LogP contribution in [0.25, 0.3) is 0 Å². The number of ether oxygens (including phenoxy) is 1. The maximum absolute atomic E-state index is 13.8. The Kier molecular flexibility index (Phi) is 8.91. The molecular formula is C27H33N3O6S. The molecule has 1 aromatic carbocycles. The van der Waals surface area contributed by atoms with Crippen LogP contribution in [0.2, 0.25) is 0 Å². The van der Waals surface area contributed by atoms with Crippen molar-refractivity contribution in [1.29, 1.82) is 0 Å². The van der Waals surface area contributed by atoms with E-state index < -0.39 is 12.2 Å². The first-order chi connectivity index (χ1) is 17.9. The van der Waals surface area contributed by atoms with E-state index in [-0.39, 0.29) is 36.2 Å². The van der Waals surface area contributed by atoms with Crippen molar-refractivity contribution in [3.8, 4) is 0 Å². The Labute approximate surface area is 220 Å². The van der Waals surface area contributed by atoms with Gasteiger partial charge < -0.3 is 20.1 Å². The van der Waals surface area contributed by atoms with Crippen molar-refractivity contribution < 1.29 is 29.0 Å². The number of rotatable bonds is 9. The lowest BCUT2D eigenvalue weighted by molar-refractivity contribution is -0.139. The largest absolute Gasteiger partial charge is 0.506 e. The van der Waals surface area contributed by atoms with Crippen LogP contribution < -0.4 is 5.32 Å². The predicted octanol–water partition coefficient (Wildman–Crippen LogP) is 4.71. The predicted molar refractivity (Wildman–Crippen MR) is 137 cm³/mol. The highest BCUT2D eigenvalue weighted by Gasteiger charge is 2.39. The van der Waals surface area contributed by atoms with E-state index in [0.717, 1.165) is 44.9 Å². The van der Waals surface area contributed by atoms with Gasteiger partial charge in [0, 0.05) is 23.9 Å². The fraction of sp³-hybridized carbons (Fsp3) is 0.519. The van der Waals surface area contributed by atoms with Crippen LogP contribution in [0.15, 0.2) is 29.6 Å². The second-order valence-corrected chi connectivity index (χ2v) is 10.5. The van der Waals surface area contributed by atoms with Crippen LogP contribution in [0.5, 0.6) is 0 Å². The van der Waals surface area contributed by atoms with Crippen molar-refractivity contribution in [3.05, 3.63) is 51.5 Å². The van der Waals surface area contributed by atoms with Crippen LogP contribution in [-0.2, 0) is 20.9 Å². The number of hydrogen-bond acceptors (Lipinski definition) is 7. The molecule has 1 unspecified atom stereocenters. The molecule has 2 aromatic rings. The van der Waals surface area contributed by atoms with E-state index in [2.05, 4.69) is 15.0 Å². The summed E-state index contributed by atoms with van der Waals surface area (Å²) in [7, 11) is 0. The number of nitrogens with zero attached hydrogens (tertiary/aromatic N) is 2. The third-order valence-electron chi connectivity index (χ3n) is 7.15. The zero-order chi connectivity index (χ0) is 26.4.